The minimum absolute atomic E-state index is 0.0277. The van der Waals surface area contributed by atoms with E-state index in [2.05, 4.69) is 0 Å². The summed E-state index contributed by atoms with van der Waals surface area (Å²) in [5.41, 5.74) is 0.629. The molecule has 0 unspecified atom stereocenters. The van der Waals surface area contributed by atoms with Crippen LogP contribution in [0.25, 0.3) is 44.2 Å². The highest BCUT2D eigenvalue weighted by atomic mass is 15.1. The Morgan fingerprint density at radius 3 is 1.68 bits per heavy atom. The quantitative estimate of drug-likeness (QED) is 0.204. The van der Waals surface area contributed by atoms with Crippen molar-refractivity contribution in [3.05, 3.63) is 176 Å². The van der Waals surface area contributed by atoms with Gasteiger partial charge in [-0.3, -0.25) is 0 Å². The Morgan fingerprint density at radius 1 is 0.390 bits per heavy atom. The van der Waals surface area contributed by atoms with E-state index in [9.17, 15) is 5.48 Å². The fourth-order valence-electron chi connectivity index (χ4n) is 4.75. The molecule has 0 aromatic heterocycles. The minimum atomic E-state index is -0.720. The largest absolute Gasteiger partial charge is 0.311 e. The van der Waals surface area contributed by atoms with Crippen LogP contribution in [0.1, 0.15) is 17.8 Å². The molecule has 0 aliphatic rings. The zero-order chi connectivity index (χ0) is 38.7. The summed E-state index contributed by atoms with van der Waals surface area (Å²) >= 11 is 0. The zero-order valence-corrected chi connectivity index (χ0v) is 21.7. The molecule has 0 atom stereocenters. The molecule has 1 nitrogen and oxygen atoms in total. The standard InChI is InChI=1S/C40H29N/c1-3-11-30(12-4-1)31-21-25-37(26-22-31)41(36-17-5-2-6-18-36)38-27-23-32(24-28-38)34-15-9-16-35(29-34)40-20-10-14-33-13-7-8-19-39(33)40/h1-29H/i1D,3D,4D,11D,12D,21D,22D,23D,24D,25D,26D,27D,28D. The van der Waals surface area contributed by atoms with E-state index in [0.29, 0.717) is 5.56 Å². The number of hydrogen-bond acceptors (Lipinski definition) is 1. The highest BCUT2D eigenvalue weighted by Gasteiger charge is 2.13. The predicted molar refractivity (Wildman–Crippen MR) is 175 cm³/mol. The van der Waals surface area contributed by atoms with Crippen LogP contribution in [0.2, 0.25) is 0 Å². The molecule has 7 aromatic carbocycles. The first-order valence-corrected chi connectivity index (χ1v) is 13.0. The van der Waals surface area contributed by atoms with Gasteiger partial charge < -0.3 is 4.90 Å². The van der Waals surface area contributed by atoms with Crippen molar-refractivity contribution in [2.45, 2.75) is 0 Å². The van der Waals surface area contributed by atoms with Gasteiger partial charge in [0.25, 0.3) is 0 Å². The van der Waals surface area contributed by atoms with Crippen LogP contribution in [-0.2, 0) is 0 Å². The lowest BCUT2D eigenvalue weighted by molar-refractivity contribution is 1.28. The summed E-state index contributed by atoms with van der Waals surface area (Å²) in [6, 6.07) is 21.0. The highest BCUT2D eigenvalue weighted by molar-refractivity contribution is 5.97. The van der Waals surface area contributed by atoms with Gasteiger partial charge in [0.2, 0.25) is 0 Å². The van der Waals surface area contributed by atoms with Crippen LogP contribution >= 0.6 is 0 Å². The molecule has 0 heterocycles. The molecule has 0 bridgehead atoms. The number of nitrogens with zero attached hydrogens (tertiary/aromatic N) is 1. The SMILES string of the molecule is [2H]c1c([2H])c([2H])c(-c2c([2H])c([2H])c(N(c3ccccc3)c3c([2H])c([2H])c(-c4cccc(-c5cccc6ccccc56)c4)c([2H])c3[2H])c([2H])c2[2H])c([2H])c1[2H]. The van der Waals surface area contributed by atoms with Crippen LogP contribution < -0.4 is 4.90 Å². The van der Waals surface area contributed by atoms with Crippen LogP contribution in [0.15, 0.2) is 176 Å². The Hall–Kier alpha value is -5.40. The molecule has 0 saturated carbocycles. The maximum Gasteiger partial charge on any atom is 0.0645 e. The Kier molecular flexibility index (Phi) is 3.83. The summed E-state index contributed by atoms with van der Waals surface area (Å²) in [6.45, 7) is 0. The summed E-state index contributed by atoms with van der Waals surface area (Å²) in [4.78, 5) is 1.14. The molecule has 7 rings (SSSR count). The third-order valence-electron chi connectivity index (χ3n) is 6.69. The van der Waals surface area contributed by atoms with Crippen molar-refractivity contribution in [3.8, 4) is 33.4 Å². The summed E-state index contributed by atoms with van der Waals surface area (Å²) in [5.74, 6) is 0. The molecule has 0 spiro atoms. The maximum absolute atomic E-state index is 9.27. The van der Waals surface area contributed by atoms with Crippen molar-refractivity contribution < 1.29 is 17.8 Å². The molecule has 0 amide bonds. The number of hydrogen-bond donors (Lipinski definition) is 0. The van der Waals surface area contributed by atoms with Gasteiger partial charge in [-0.1, -0.05) is 133 Å². The van der Waals surface area contributed by atoms with E-state index < -0.39 is 95.4 Å². The molecule has 194 valence electrons. The molecule has 41 heavy (non-hydrogen) atoms. The van der Waals surface area contributed by atoms with E-state index in [1.807, 2.05) is 48.5 Å². The van der Waals surface area contributed by atoms with Crippen LogP contribution in [0.5, 0.6) is 0 Å². The molecular formula is C40H29N. The lowest BCUT2D eigenvalue weighted by Crippen LogP contribution is -2.09. The van der Waals surface area contributed by atoms with Crippen molar-refractivity contribution >= 4 is 27.8 Å². The summed E-state index contributed by atoms with van der Waals surface area (Å²) < 4.78 is 114. The van der Waals surface area contributed by atoms with Crippen LogP contribution in [0, 0.1) is 0 Å². The van der Waals surface area contributed by atoms with Gasteiger partial charge in [0, 0.05) is 17.1 Å². The summed E-state index contributed by atoms with van der Waals surface area (Å²) in [7, 11) is 0. The Labute approximate surface area is 259 Å². The van der Waals surface area contributed by atoms with E-state index in [-0.39, 0.29) is 16.9 Å². The van der Waals surface area contributed by atoms with Gasteiger partial charge in [-0.15, -0.1) is 0 Å². The van der Waals surface area contributed by atoms with Crippen molar-refractivity contribution in [1.29, 1.82) is 0 Å². The van der Waals surface area contributed by atoms with E-state index in [1.165, 1.54) is 0 Å². The van der Waals surface area contributed by atoms with Crippen molar-refractivity contribution in [1.82, 2.24) is 0 Å². The van der Waals surface area contributed by atoms with E-state index >= 15 is 0 Å². The Bertz CT molecular complexity index is 2570. The van der Waals surface area contributed by atoms with Crippen LogP contribution in [0.4, 0.5) is 17.1 Å². The molecular weight excluding hydrogens is 494 g/mol. The van der Waals surface area contributed by atoms with Gasteiger partial charge in [-0.25, -0.2) is 0 Å². The first-order chi connectivity index (χ1) is 25.8. The number of benzene rings is 7. The topological polar surface area (TPSA) is 3.24 Å². The fraction of sp³-hybridized carbons (Fsp3) is 0. The fourth-order valence-corrected chi connectivity index (χ4v) is 4.75. The second-order valence-electron chi connectivity index (χ2n) is 9.23. The monoisotopic (exact) mass is 536 g/mol. The molecule has 0 aliphatic heterocycles. The smallest absolute Gasteiger partial charge is 0.0645 e. The minimum Gasteiger partial charge on any atom is -0.311 e. The number of fused-ring (bicyclic) bond motifs is 1. The zero-order valence-electron chi connectivity index (χ0n) is 34.7. The number of rotatable bonds is 6. The first-order valence-electron chi connectivity index (χ1n) is 19.5. The number of anilines is 3. The molecule has 0 saturated heterocycles. The van der Waals surface area contributed by atoms with Crippen molar-refractivity contribution in [3.63, 3.8) is 0 Å². The van der Waals surface area contributed by atoms with Gasteiger partial charge in [-0.2, -0.15) is 0 Å². The second-order valence-corrected chi connectivity index (χ2v) is 9.23. The van der Waals surface area contributed by atoms with Gasteiger partial charge in [0.15, 0.2) is 0 Å². The molecule has 0 radical (unpaired) electrons. The average molecular weight is 537 g/mol. The number of para-hydroxylation sites is 1. The van der Waals surface area contributed by atoms with E-state index in [4.69, 9.17) is 12.3 Å². The van der Waals surface area contributed by atoms with E-state index in [0.717, 1.165) is 26.8 Å². The lowest BCUT2D eigenvalue weighted by Gasteiger charge is -2.26. The Balaban J connectivity index is 1.46. The maximum atomic E-state index is 9.27. The molecule has 7 aromatic rings. The third-order valence-corrected chi connectivity index (χ3v) is 6.69. The van der Waals surface area contributed by atoms with Crippen molar-refractivity contribution in [2.24, 2.45) is 0 Å². The molecule has 0 aliphatic carbocycles. The highest BCUT2D eigenvalue weighted by Crippen LogP contribution is 2.37. The van der Waals surface area contributed by atoms with E-state index in [1.54, 1.807) is 48.5 Å². The Morgan fingerprint density at radius 2 is 0.951 bits per heavy atom. The lowest BCUT2D eigenvalue weighted by atomic mass is 9.95. The third kappa shape index (κ3) is 5.02. The summed E-state index contributed by atoms with van der Waals surface area (Å²) in [6.07, 6.45) is 0. The average Bonchev–Trinajstić information content (AvgIpc) is 3.19. The van der Waals surface area contributed by atoms with Crippen molar-refractivity contribution in [2.75, 3.05) is 4.90 Å². The normalized spacial score (nSPS) is 15.4. The van der Waals surface area contributed by atoms with Gasteiger partial charge in [0.1, 0.15) is 0 Å². The molecule has 0 fully saturated rings. The first kappa shape index (κ1) is 14.3. The van der Waals surface area contributed by atoms with Gasteiger partial charge in [0.05, 0.1) is 17.8 Å². The second kappa shape index (κ2) is 11.0. The predicted octanol–water partition coefficient (Wildman–Crippen LogP) is 11.3. The van der Waals surface area contributed by atoms with Crippen LogP contribution in [0.3, 0.4) is 0 Å². The summed E-state index contributed by atoms with van der Waals surface area (Å²) in [5, 5.41) is 2.04. The van der Waals surface area contributed by atoms with Gasteiger partial charge in [-0.05, 0) is 86.5 Å². The van der Waals surface area contributed by atoms with Crippen LogP contribution in [-0.4, -0.2) is 0 Å². The van der Waals surface area contributed by atoms with Gasteiger partial charge >= 0.3 is 0 Å². The molecule has 1 heteroatoms. The molecule has 0 N–H and O–H groups in total.